The van der Waals surface area contributed by atoms with E-state index in [9.17, 15) is 0 Å². The number of likely N-dealkylation sites (tertiary alicyclic amines) is 1. The van der Waals surface area contributed by atoms with Crippen LogP contribution >= 0.6 is 0 Å². The van der Waals surface area contributed by atoms with Gasteiger partial charge in [0.05, 0.1) is 0 Å². The first-order chi connectivity index (χ1) is 15.0. The number of nitrogens with one attached hydrogen (secondary N) is 1. The Balaban J connectivity index is 1.25. The van der Waals surface area contributed by atoms with Crippen molar-refractivity contribution in [3.05, 3.63) is 23.4 Å². The highest BCUT2D eigenvalue weighted by Crippen LogP contribution is 2.41. The molecule has 0 spiro atoms. The third kappa shape index (κ3) is 6.00. The zero-order valence-electron chi connectivity index (χ0n) is 20.1. The molecule has 2 aliphatic heterocycles. The van der Waals surface area contributed by atoms with Crippen LogP contribution in [0.2, 0.25) is 0 Å². The van der Waals surface area contributed by atoms with Gasteiger partial charge in [-0.2, -0.15) is 4.98 Å². The molecule has 0 aromatic carbocycles. The Hall–Kier alpha value is -1.62. The van der Waals surface area contributed by atoms with E-state index in [2.05, 4.69) is 46.9 Å². The summed E-state index contributed by atoms with van der Waals surface area (Å²) in [5, 5.41) is 3.64. The molecule has 5 nitrogen and oxygen atoms in total. The van der Waals surface area contributed by atoms with Crippen LogP contribution < -0.4 is 10.2 Å². The van der Waals surface area contributed by atoms with Gasteiger partial charge < -0.3 is 15.1 Å². The van der Waals surface area contributed by atoms with E-state index in [1.165, 1.54) is 83.8 Å². The summed E-state index contributed by atoms with van der Waals surface area (Å²) in [7, 11) is 0. The van der Waals surface area contributed by atoms with Gasteiger partial charge in [-0.3, -0.25) is 0 Å². The summed E-state index contributed by atoms with van der Waals surface area (Å²) >= 11 is 0. The number of aromatic nitrogens is 2. The van der Waals surface area contributed by atoms with E-state index in [1.54, 1.807) is 11.1 Å². The molecule has 3 aliphatic rings. The van der Waals surface area contributed by atoms with Gasteiger partial charge in [-0.1, -0.05) is 37.8 Å². The van der Waals surface area contributed by atoms with Crippen molar-refractivity contribution < 1.29 is 0 Å². The maximum absolute atomic E-state index is 4.86. The highest BCUT2D eigenvalue weighted by molar-refractivity contribution is 5.43. The Labute approximate surface area is 189 Å². The molecule has 0 unspecified atom stereocenters. The van der Waals surface area contributed by atoms with Crippen LogP contribution in [0.4, 0.5) is 11.8 Å². The van der Waals surface area contributed by atoms with Gasteiger partial charge in [-0.15, -0.1) is 0 Å². The predicted octanol–water partition coefficient (Wildman–Crippen LogP) is 5.65. The molecular formula is C26H43N5. The first-order valence-electron chi connectivity index (χ1n) is 12.8. The van der Waals surface area contributed by atoms with Crippen LogP contribution in [0.3, 0.4) is 0 Å². The summed E-state index contributed by atoms with van der Waals surface area (Å²) in [5.74, 6) is 1.90. The summed E-state index contributed by atoms with van der Waals surface area (Å²) in [6.07, 6.45) is 14.8. The minimum Gasteiger partial charge on any atom is -0.356 e. The third-order valence-corrected chi connectivity index (χ3v) is 7.86. The first kappa shape index (κ1) is 22.6. The molecule has 0 radical (unpaired) electrons. The van der Waals surface area contributed by atoms with Gasteiger partial charge >= 0.3 is 0 Å². The van der Waals surface area contributed by atoms with Crippen LogP contribution in [-0.2, 0) is 0 Å². The van der Waals surface area contributed by atoms with E-state index in [1.807, 2.05) is 6.20 Å². The molecule has 0 amide bonds. The molecule has 1 N–H and O–H groups in total. The summed E-state index contributed by atoms with van der Waals surface area (Å²) in [6, 6.07) is 2.56. The number of allylic oxidation sites excluding steroid dienone is 1. The molecule has 2 saturated heterocycles. The maximum Gasteiger partial charge on any atom is 0.224 e. The predicted molar refractivity (Wildman–Crippen MR) is 131 cm³/mol. The highest BCUT2D eigenvalue weighted by Gasteiger charge is 2.29. The topological polar surface area (TPSA) is 44.3 Å². The van der Waals surface area contributed by atoms with Gasteiger partial charge in [0.2, 0.25) is 5.95 Å². The lowest BCUT2D eigenvalue weighted by molar-refractivity contribution is 0.214. The summed E-state index contributed by atoms with van der Waals surface area (Å²) in [4.78, 5) is 14.5. The Morgan fingerprint density at radius 3 is 2.48 bits per heavy atom. The SMILES string of the molecule is CC1=C(CCN2CCC(Nc3nccc(N4CCCCCC4)n3)CC2)C(C)(C)CCC1. The molecule has 0 atom stereocenters. The van der Waals surface area contributed by atoms with Crippen LogP contribution in [-0.4, -0.2) is 53.6 Å². The van der Waals surface area contributed by atoms with Crippen molar-refractivity contribution in [3.63, 3.8) is 0 Å². The lowest BCUT2D eigenvalue weighted by Gasteiger charge is -2.37. The van der Waals surface area contributed by atoms with Crippen molar-refractivity contribution in [2.45, 2.75) is 91.0 Å². The lowest BCUT2D eigenvalue weighted by Crippen LogP contribution is -2.40. The molecular weight excluding hydrogens is 382 g/mol. The normalized spacial score (nSPS) is 23.6. The number of hydrogen-bond acceptors (Lipinski definition) is 5. The monoisotopic (exact) mass is 425 g/mol. The number of anilines is 2. The fourth-order valence-electron chi connectivity index (χ4n) is 5.87. The molecule has 5 heteroatoms. The van der Waals surface area contributed by atoms with Crippen molar-refractivity contribution in [1.29, 1.82) is 0 Å². The van der Waals surface area contributed by atoms with Crippen molar-refractivity contribution in [1.82, 2.24) is 14.9 Å². The number of rotatable bonds is 6. The molecule has 1 aromatic heterocycles. The average molecular weight is 426 g/mol. The van der Waals surface area contributed by atoms with Crippen molar-refractivity contribution in [2.24, 2.45) is 5.41 Å². The van der Waals surface area contributed by atoms with E-state index >= 15 is 0 Å². The van der Waals surface area contributed by atoms with E-state index in [-0.39, 0.29) is 0 Å². The van der Waals surface area contributed by atoms with E-state index in [4.69, 9.17) is 4.98 Å². The molecule has 0 saturated carbocycles. The minimum absolute atomic E-state index is 0.401. The first-order valence-corrected chi connectivity index (χ1v) is 12.8. The second-order valence-electron chi connectivity index (χ2n) is 10.6. The number of nitrogens with zero attached hydrogens (tertiary/aromatic N) is 4. The Kier molecular flexibility index (Phi) is 7.52. The number of hydrogen-bond donors (Lipinski definition) is 1. The molecule has 1 aliphatic carbocycles. The molecule has 2 fully saturated rings. The van der Waals surface area contributed by atoms with Crippen LogP contribution in [0.15, 0.2) is 23.4 Å². The summed E-state index contributed by atoms with van der Waals surface area (Å²) in [6.45, 7) is 13.1. The Morgan fingerprint density at radius 1 is 1.03 bits per heavy atom. The largest absolute Gasteiger partial charge is 0.356 e. The molecule has 31 heavy (non-hydrogen) atoms. The highest BCUT2D eigenvalue weighted by atomic mass is 15.2. The molecule has 3 heterocycles. The molecule has 172 valence electrons. The maximum atomic E-state index is 4.86. The standard InChI is InChI=1S/C26H43N5/c1-21-9-8-14-26(2,3)23(21)13-20-30-18-11-22(12-19-30)28-25-27-15-10-24(29-25)31-16-6-4-5-7-17-31/h10,15,22H,4-9,11-14,16-20H2,1-3H3,(H,27,28,29). The zero-order valence-corrected chi connectivity index (χ0v) is 20.1. The zero-order chi connectivity index (χ0) is 21.7. The molecule has 0 bridgehead atoms. The van der Waals surface area contributed by atoms with Crippen molar-refractivity contribution in [2.75, 3.05) is 42.9 Å². The minimum atomic E-state index is 0.401. The fraction of sp³-hybridized carbons (Fsp3) is 0.769. The van der Waals surface area contributed by atoms with E-state index in [0.717, 1.165) is 24.9 Å². The fourth-order valence-corrected chi connectivity index (χ4v) is 5.87. The van der Waals surface area contributed by atoms with E-state index in [0.29, 0.717) is 11.5 Å². The van der Waals surface area contributed by atoms with Crippen LogP contribution in [0.25, 0.3) is 0 Å². The summed E-state index contributed by atoms with van der Waals surface area (Å²) in [5.41, 5.74) is 3.80. The summed E-state index contributed by atoms with van der Waals surface area (Å²) < 4.78 is 0. The van der Waals surface area contributed by atoms with Gasteiger partial charge in [0.25, 0.3) is 0 Å². The molecule has 1 aromatic rings. The van der Waals surface area contributed by atoms with Crippen LogP contribution in [0.1, 0.15) is 85.0 Å². The van der Waals surface area contributed by atoms with Crippen LogP contribution in [0, 0.1) is 5.41 Å². The van der Waals surface area contributed by atoms with E-state index < -0.39 is 0 Å². The van der Waals surface area contributed by atoms with Crippen molar-refractivity contribution in [3.8, 4) is 0 Å². The second kappa shape index (κ2) is 10.3. The van der Waals surface area contributed by atoms with Crippen molar-refractivity contribution >= 4 is 11.8 Å². The number of piperidine rings is 1. The van der Waals surface area contributed by atoms with Gasteiger partial charge in [0, 0.05) is 45.0 Å². The van der Waals surface area contributed by atoms with Gasteiger partial charge in [0.1, 0.15) is 5.82 Å². The smallest absolute Gasteiger partial charge is 0.224 e. The Morgan fingerprint density at radius 2 is 1.77 bits per heavy atom. The van der Waals surface area contributed by atoms with Gasteiger partial charge in [0.15, 0.2) is 0 Å². The van der Waals surface area contributed by atoms with Gasteiger partial charge in [-0.25, -0.2) is 4.98 Å². The lowest BCUT2D eigenvalue weighted by atomic mass is 9.71. The van der Waals surface area contributed by atoms with Crippen LogP contribution in [0.5, 0.6) is 0 Å². The van der Waals surface area contributed by atoms with Gasteiger partial charge in [-0.05, 0) is 69.8 Å². The average Bonchev–Trinajstić information content (AvgIpc) is 3.04. The Bertz CT molecular complexity index is 740. The quantitative estimate of drug-likeness (QED) is 0.597. The second-order valence-corrected chi connectivity index (χ2v) is 10.6. The molecule has 4 rings (SSSR count). The third-order valence-electron chi connectivity index (χ3n) is 7.86.